The van der Waals surface area contributed by atoms with Crippen LogP contribution in [0.15, 0.2) is 18.2 Å². The third-order valence-electron chi connectivity index (χ3n) is 4.27. The molecule has 0 aliphatic heterocycles. The number of benzene rings is 1. The number of carbonyl (C=O) groups is 1. The molecule has 1 N–H and O–H groups in total. The van der Waals surface area contributed by atoms with Crippen molar-refractivity contribution in [3.63, 3.8) is 0 Å². The van der Waals surface area contributed by atoms with Gasteiger partial charge in [0.2, 0.25) is 5.91 Å². The predicted molar refractivity (Wildman–Crippen MR) is 67.6 cm³/mol. The van der Waals surface area contributed by atoms with Gasteiger partial charge in [0.15, 0.2) is 0 Å². The monoisotopic (exact) mass is 265 g/mol. The summed E-state index contributed by atoms with van der Waals surface area (Å²) in [6, 6.07) is 3.44. The van der Waals surface area contributed by atoms with Gasteiger partial charge < -0.3 is 5.32 Å². The number of hydrogen-bond donors (Lipinski definition) is 1. The highest BCUT2D eigenvalue weighted by atomic mass is 19.1. The molecule has 4 heteroatoms. The van der Waals surface area contributed by atoms with Crippen LogP contribution in [0.25, 0.3) is 0 Å². The van der Waals surface area contributed by atoms with Gasteiger partial charge in [0, 0.05) is 12.5 Å². The fourth-order valence-corrected chi connectivity index (χ4v) is 2.70. The van der Waals surface area contributed by atoms with Crippen molar-refractivity contribution >= 4 is 5.91 Å². The van der Waals surface area contributed by atoms with E-state index in [1.54, 1.807) is 0 Å². The number of hydrogen-bond acceptors (Lipinski definition) is 1. The topological polar surface area (TPSA) is 29.1 Å². The van der Waals surface area contributed by atoms with Crippen molar-refractivity contribution in [2.75, 3.05) is 6.54 Å². The van der Waals surface area contributed by atoms with E-state index in [9.17, 15) is 13.6 Å². The third-order valence-corrected chi connectivity index (χ3v) is 4.27. The van der Waals surface area contributed by atoms with Crippen LogP contribution in [-0.4, -0.2) is 12.5 Å². The van der Waals surface area contributed by atoms with Crippen LogP contribution in [0.2, 0.25) is 0 Å². The van der Waals surface area contributed by atoms with Crippen LogP contribution in [-0.2, 0) is 4.79 Å². The number of amides is 1. The first-order valence-corrected chi connectivity index (χ1v) is 6.88. The molecule has 0 spiro atoms. The summed E-state index contributed by atoms with van der Waals surface area (Å²) in [6.45, 7) is 0.730. The van der Waals surface area contributed by atoms with Crippen molar-refractivity contribution in [1.29, 1.82) is 0 Å². The molecule has 3 rings (SSSR count). The van der Waals surface area contributed by atoms with Crippen molar-refractivity contribution < 1.29 is 13.6 Å². The highest BCUT2D eigenvalue weighted by molar-refractivity contribution is 5.82. The Balaban J connectivity index is 1.57. The summed E-state index contributed by atoms with van der Waals surface area (Å²) in [4.78, 5) is 11.9. The molecule has 2 aliphatic carbocycles. The molecule has 19 heavy (non-hydrogen) atoms. The quantitative estimate of drug-likeness (QED) is 0.891. The minimum Gasteiger partial charge on any atom is -0.356 e. The Morgan fingerprint density at radius 2 is 2.11 bits per heavy atom. The number of rotatable bonds is 4. The Hall–Kier alpha value is -1.45. The largest absolute Gasteiger partial charge is 0.356 e. The van der Waals surface area contributed by atoms with E-state index < -0.39 is 11.6 Å². The first kappa shape index (κ1) is 12.6. The molecule has 2 fully saturated rings. The van der Waals surface area contributed by atoms with E-state index in [4.69, 9.17) is 0 Å². The maximum absolute atomic E-state index is 13.6. The molecule has 0 heterocycles. The van der Waals surface area contributed by atoms with Crippen molar-refractivity contribution in [3.8, 4) is 0 Å². The van der Waals surface area contributed by atoms with Crippen molar-refractivity contribution in [2.45, 2.75) is 31.6 Å². The van der Waals surface area contributed by atoms with Gasteiger partial charge in [0.25, 0.3) is 0 Å². The molecule has 1 amide bonds. The lowest BCUT2D eigenvalue weighted by Crippen LogP contribution is -2.33. The Kier molecular flexibility index (Phi) is 3.25. The van der Waals surface area contributed by atoms with Crippen LogP contribution in [0.4, 0.5) is 8.78 Å². The van der Waals surface area contributed by atoms with Gasteiger partial charge in [-0.05, 0) is 54.9 Å². The van der Waals surface area contributed by atoms with Crippen molar-refractivity contribution in [3.05, 3.63) is 35.4 Å². The summed E-state index contributed by atoms with van der Waals surface area (Å²) in [5.74, 6) is -0.598. The Morgan fingerprint density at radius 3 is 2.79 bits per heavy atom. The van der Waals surface area contributed by atoms with Gasteiger partial charge in [0.1, 0.15) is 11.6 Å². The molecule has 0 unspecified atom stereocenters. The summed E-state index contributed by atoms with van der Waals surface area (Å²) < 4.78 is 26.7. The second-order valence-corrected chi connectivity index (χ2v) is 5.66. The lowest BCUT2D eigenvalue weighted by atomic mass is 9.85. The molecular weight excluding hydrogens is 248 g/mol. The second-order valence-electron chi connectivity index (χ2n) is 5.66. The minimum atomic E-state index is -0.447. The zero-order valence-electron chi connectivity index (χ0n) is 10.7. The fraction of sp³-hybridized carbons (Fsp3) is 0.533. The van der Waals surface area contributed by atoms with Gasteiger partial charge in [-0.3, -0.25) is 4.79 Å². The fourth-order valence-electron chi connectivity index (χ4n) is 2.70. The summed E-state index contributed by atoms with van der Waals surface area (Å²) in [5.41, 5.74) is 0.337. The summed E-state index contributed by atoms with van der Waals surface area (Å²) in [7, 11) is 0. The smallest absolute Gasteiger partial charge is 0.223 e. The summed E-state index contributed by atoms with van der Waals surface area (Å²) >= 11 is 0. The molecule has 102 valence electrons. The molecule has 0 aromatic heterocycles. The SMILES string of the molecule is O=C(NCC1CCC1)[C@H]1C[C@H]1c1cc(F)ccc1F. The number of halogens is 2. The zero-order valence-corrected chi connectivity index (χ0v) is 10.7. The maximum atomic E-state index is 13.6. The van der Waals surface area contributed by atoms with E-state index in [1.807, 2.05) is 0 Å². The molecule has 2 aliphatic rings. The van der Waals surface area contributed by atoms with E-state index in [1.165, 1.54) is 25.3 Å². The average molecular weight is 265 g/mol. The molecule has 0 radical (unpaired) electrons. The lowest BCUT2D eigenvalue weighted by molar-refractivity contribution is -0.122. The Morgan fingerprint density at radius 1 is 1.32 bits per heavy atom. The molecule has 1 aromatic rings. The van der Waals surface area contributed by atoms with Gasteiger partial charge in [-0.1, -0.05) is 6.42 Å². The molecule has 2 saturated carbocycles. The molecular formula is C15H17F2NO. The van der Waals surface area contributed by atoms with E-state index >= 15 is 0 Å². The van der Waals surface area contributed by atoms with Crippen LogP contribution in [0, 0.1) is 23.5 Å². The van der Waals surface area contributed by atoms with Gasteiger partial charge in [0.05, 0.1) is 0 Å². The number of nitrogens with one attached hydrogen (secondary N) is 1. The molecule has 0 saturated heterocycles. The zero-order chi connectivity index (χ0) is 13.4. The maximum Gasteiger partial charge on any atom is 0.223 e. The van der Waals surface area contributed by atoms with Crippen LogP contribution >= 0.6 is 0 Å². The first-order valence-electron chi connectivity index (χ1n) is 6.88. The average Bonchev–Trinajstić information content (AvgIpc) is 3.10. The predicted octanol–water partition coefficient (Wildman–Crippen LogP) is 2.98. The highest BCUT2D eigenvalue weighted by Crippen LogP contribution is 2.48. The molecule has 2 atom stereocenters. The van der Waals surface area contributed by atoms with E-state index in [-0.39, 0.29) is 17.7 Å². The Labute approximate surface area is 111 Å². The van der Waals surface area contributed by atoms with E-state index in [2.05, 4.69) is 5.32 Å². The van der Waals surface area contributed by atoms with Crippen molar-refractivity contribution in [1.82, 2.24) is 5.32 Å². The molecule has 2 nitrogen and oxygen atoms in total. The van der Waals surface area contributed by atoms with Crippen LogP contribution in [0.3, 0.4) is 0 Å². The lowest BCUT2D eigenvalue weighted by Gasteiger charge is -2.25. The van der Waals surface area contributed by atoms with E-state index in [0.717, 1.165) is 18.7 Å². The first-order chi connectivity index (χ1) is 9.15. The van der Waals surface area contributed by atoms with Gasteiger partial charge >= 0.3 is 0 Å². The van der Waals surface area contributed by atoms with Gasteiger partial charge in [-0.15, -0.1) is 0 Å². The van der Waals surface area contributed by atoms with Crippen molar-refractivity contribution in [2.24, 2.45) is 11.8 Å². The van der Waals surface area contributed by atoms with Gasteiger partial charge in [-0.2, -0.15) is 0 Å². The molecule has 0 bridgehead atoms. The van der Waals surface area contributed by atoms with Gasteiger partial charge in [-0.25, -0.2) is 8.78 Å². The standard InChI is InChI=1S/C15H17F2NO/c16-10-4-5-14(17)12(6-10)11-7-13(11)15(19)18-8-9-2-1-3-9/h4-6,9,11,13H,1-3,7-8H2,(H,18,19)/t11-,13-/m0/s1. The third kappa shape index (κ3) is 2.62. The summed E-state index contributed by atoms with van der Waals surface area (Å²) in [5, 5.41) is 2.93. The highest BCUT2D eigenvalue weighted by Gasteiger charge is 2.45. The summed E-state index contributed by atoms with van der Waals surface area (Å²) in [6.07, 6.45) is 4.25. The second kappa shape index (κ2) is 4.91. The van der Waals surface area contributed by atoms with E-state index in [0.29, 0.717) is 17.9 Å². The van der Waals surface area contributed by atoms with Crippen LogP contribution in [0.1, 0.15) is 37.2 Å². The molecule has 1 aromatic carbocycles. The minimum absolute atomic E-state index is 0.0134. The normalized spacial score (nSPS) is 25.8. The van der Waals surface area contributed by atoms with Crippen LogP contribution in [0.5, 0.6) is 0 Å². The van der Waals surface area contributed by atoms with Crippen LogP contribution < -0.4 is 5.32 Å². The Bertz CT molecular complexity index is 499. The number of carbonyl (C=O) groups excluding carboxylic acids is 1.